The average molecular weight is 275 g/mol. The minimum atomic E-state index is -1.24. The molecule has 0 spiro atoms. The highest BCUT2D eigenvalue weighted by molar-refractivity contribution is 5.85. The summed E-state index contributed by atoms with van der Waals surface area (Å²) in [4.78, 5) is 28.5. The minimum Gasteiger partial charge on any atom is -0.477 e. The Kier molecular flexibility index (Phi) is 3.56. The third-order valence-electron chi connectivity index (χ3n) is 2.36. The third-order valence-corrected chi connectivity index (χ3v) is 2.36. The van der Waals surface area contributed by atoms with Gasteiger partial charge in [0.2, 0.25) is 5.75 Å². The molecule has 1 N–H and O–H groups in total. The fraction of sp³-hybridized carbons (Fsp3) is 0.0833. The Balaban J connectivity index is 2.37. The van der Waals surface area contributed by atoms with E-state index in [0.717, 1.165) is 0 Å². The van der Waals surface area contributed by atoms with Crippen molar-refractivity contribution < 1.29 is 19.6 Å². The van der Waals surface area contributed by atoms with Crippen molar-refractivity contribution in [2.24, 2.45) is 0 Å². The van der Waals surface area contributed by atoms with Crippen LogP contribution in [0.4, 0.5) is 5.69 Å². The predicted octanol–water partition coefficient (Wildman–Crippen LogP) is 2.18. The van der Waals surface area contributed by atoms with Crippen molar-refractivity contribution in [2.75, 3.05) is 0 Å². The van der Waals surface area contributed by atoms with Crippen molar-refractivity contribution >= 4 is 11.7 Å². The number of aromatic nitrogens is 2. The zero-order valence-electron chi connectivity index (χ0n) is 10.3. The third kappa shape index (κ3) is 2.86. The van der Waals surface area contributed by atoms with Gasteiger partial charge < -0.3 is 9.84 Å². The van der Waals surface area contributed by atoms with Gasteiger partial charge in [0.25, 0.3) is 0 Å². The predicted molar refractivity (Wildman–Crippen MR) is 66.9 cm³/mol. The number of rotatable bonds is 4. The summed E-state index contributed by atoms with van der Waals surface area (Å²) in [6.07, 6.45) is 1.20. The van der Waals surface area contributed by atoms with E-state index >= 15 is 0 Å². The van der Waals surface area contributed by atoms with Gasteiger partial charge in [-0.25, -0.2) is 9.78 Å². The van der Waals surface area contributed by atoms with Gasteiger partial charge >= 0.3 is 17.7 Å². The van der Waals surface area contributed by atoms with Gasteiger partial charge in [-0.1, -0.05) is 6.07 Å². The summed E-state index contributed by atoms with van der Waals surface area (Å²) in [5.41, 5.74) is 0.198. The van der Waals surface area contributed by atoms with Gasteiger partial charge in [0.05, 0.1) is 4.92 Å². The van der Waals surface area contributed by atoms with Crippen LogP contribution in [-0.2, 0) is 0 Å². The fourth-order valence-electron chi connectivity index (χ4n) is 1.46. The number of aromatic carboxylic acids is 1. The van der Waals surface area contributed by atoms with Crippen LogP contribution < -0.4 is 4.74 Å². The van der Waals surface area contributed by atoms with Gasteiger partial charge in [0.1, 0.15) is 0 Å². The smallest absolute Gasteiger partial charge is 0.354 e. The van der Waals surface area contributed by atoms with Gasteiger partial charge in [0, 0.05) is 12.3 Å². The normalized spacial score (nSPS) is 10.1. The lowest BCUT2D eigenvalue weighted by molar-refractivity contribution is -0.385. The second-order valence-corrected chi connectivity index (χ2v) is 3.86. The van der Waals surface area contributed by atoms with Crippen LogP contribution in [0.5, 0.6) is 11.8 Å². The van der Waals surface area contributed by atoms with Gasteiger partial charge in [-0.15, -0.1) is 0 Å². The molecule has 0 saturated heterocycles. The van der Waals surface area contributed by atoms with Crippen molar-refractivity contribution in [1.82, 2.24) is 9.97 Å². The molecule has 0 unspecified atom stereocenters. The molecule has 1 aromatic heterocycles. The molecule has 0 aliphatic heterocycles. The van der Waals surface area contributed by atoms with Crippen molar-refractivity contribution in [3.63, 3.8) is 0 Å². The summed E-state index contributed by atoms with van der Waals surface area (Å²) in [6, 6.07) is 5.31. The first-order chi connectivity index (χ1) is 9.47. The Morgan fingerprint density at radius 3 is 2.80 bits per heavy atom. The Hall–Kier alpha value is -3.03. The van der Waals surface area contributed by atoms with E-state index in [2.05, 4.69) is 9.97 Å². The number of aryl methyl sites for hydroxylation is 1. The number of nitrogens with zero attached hydrogens (tertiary/aromatic N) is 3. The van der Waals surface area contributed by atoms with Gasteiger partial charge in [-0.2, -0.15) is 4.98 Å². The first kappa shape index (κ1) is 13.4. The molecular weight excluding hydrogens is 266 g/mol. The van der Waals surface area contributed by atoms with E-state index in [9.17, 15) is 14.9 Å². The number of benzene rings is 1. The molecule has 102 valence electrons. The summed E-state index contributed by atoms with van der Waals surface area (Å²) < 4.78 is 5.19. The topological polar surface area (TPSA) is 115 Å². The number of nitro groups is 1. The highest BCUT2D eigenvalue weighted by Gasteiger charge is 2.17. The summed E-state index contributed by atoms with van der Waals surface area (Å²) in [7, 11) is 0. The van der Waals surface area contributed by atoms with E-state index < -0.39 is 10.9 Å². The number of carboxylic acids is 1. The molecule has 0 fully saturated rings. The fourth-order valence-corrected chi connectivity index (χ4v) is 1.46. The molecule has 0 atom stereocenters. The molecule has 0 saturated carbocycles. The van der Waals surface area contributed by atoms with Crippen LogP contribution >= 0.6 is 0 Å². The van der Waals surface area contributed by atoms with Crippen LogP contribution in [-0.4, -0.2) is 26.0 Å². The molecule has 20 heavy (non-hydrogen) atoms. The maximum atomic E-state index is 10.9. The molecule has 2 rings (SSSR count). The lowest BCUT2D eigenvalue weighted by Gasteiger charge is -2.05. The first-order valence-corrected chi connectivity index (χ1v) is 5.46. The summed E-state index contributed by atoms with van der Waals surface area (Å²) in [6.45, 7) is 1.71. The number of carboxylic acid groups (broad SMARTS) is 1. The summed E-state index contributed by atoms with van der Waals surface area (Å²) >= 11 is 0. The Bertz CT molecular complexity index is 687. The van der Waals surface area contributed by atoms with Crippen molar-refractivity contribution in [3.8, 4) is 11.8 Å². The van der Waals surface area contributed by atoms with Crippen LogP contribution in [0.2, 0.25) is 0 Å². The quantitative estimate of drug-likeness (QED) is 0.671. The van der Waals surface area contributed by atoms with Crippen molar-refractivity contribution in [2.45, 2.75) is 6.92 Å². The van der Waals surface area contributed by atoms with E-state index in [1.165, 1.54) is 24.4 Å². The zero-order valence-corrected chi connectivity index (χ0v) is 10.3. The Labute approximate surface area is 112 Å². The molecule has 0 aliphatic carbocycles. The van der Waals surface area contributed by atoms with Crippen LogP contribution in [0, 0.1) is 17.0 Å². The average Bonchev–Trinajstić information content (AvgIpc) is 2.41. The molecule has 0 radical (unpaired) electrons. The van der Waals surface area contributed by atoms with E-state index in [0.29, 0.717) is 5.56 Å². The maximum absolute atomic E-state index is 10.9. The van der Waals surface area contributed by atoms with E-state index in [4.69, 9.17) is 9.84 Å². The monoisotopic (exact) mass is 275 g/mol. The van der Waals surface area contributed by atoms with E-state index in [1.807, 2.05) is 0 Å². The van der Waals surface area contributed by atoms with Gasteiger partial charge in [-0.05, 0) is 24.6 Å². The molecule has 1 aromatic carbocycles. The molecule has 0 aliphatic rings. The minimum absolute atomic E-state index is 0.0526. The summed E-state index contributed by atoms with van der Waals surface area (Å²) in [5, 5.41) is 19.7. The standard InChI is InChI=1S/C12H9N3O5/c1-7-2-3-10(9(6-7)15(18)19)20-12-13-5-4-8(14-12)11(16)17/h2-6H,1H3,(H,16,17). The molecular formula is C12H9N3O5. The highest BCUT2D eigenvalue weighted by Crippen LogP contribution is 2.30. The number of ether oxygens (including phenoxy) is 1. The second kappa shape index (κ2) is 5.31. The molecule has 8 nitrogen and oxygen atoms in total. The van der Waals surface area contributed by atoms with Crippen LogP contribution in [0.1, 0.15) is 16.1 Å². The first-order valence-electron chi connectivity index (χ1n) is 5.46. The van der Waals surface area contributed by atoms with Gasteiger partial charge in [0.15, 0.2) is 5.69 Å². The molecule has 0 amide bonds. The summed E-state index contributed by atoms with van der Waals surface area (Å²) in [5.74, 6) is -1.29. The molecule has 8 heteroatoms. The van der Waals surface area contributed by atoms with Crippen LogP contribution in [0.25, 0.3) is 0 Å². The number of nitro benzene ring substituents is 1. The lowest BCUT2D eigenvalue weighted by atomic mass is 10.2. The second-order valence-electron chi connectivity index (χ2n) is 3.86. The largest absolute Gasteiger partial charge is 0.477 e. The maximum Gasteiger partial charge on any atom is 0.354 e. The van der Waals surface area contributed by atoms with Crippen molar-refractivity contribution in [3.05, 3.63) is 51.8 Å². The number of hydrogen-bond acceptors (Lipinski definition) is 6. The molecule has 2 aromatic rings. The van der Waals surface area contributed by atoms with Crippen LogP contribution in [0.3, 0.4) is 0 Å². The lowest BCUT2D eigenvalue weighted by Crippen LogP contribution is -2.03. The van der Waals surface area contributed by atoms with Gasteiger partial charge in [-0.3, -0.25) is 10.1 Å². The van der Waals surface area contributed by atoms with Crippen molar-refractivity contribution in [1.29, 1.82) is 0 Å². The Morgan fingerprint density at radius 2 is 2.15 bits per heavy atom. The Morgan fingerprint density at radius 1 is 1.40 bits per heavy atom. The molecule has 0 bridgehead atoms. The number of carbonyl (C=O) groups is 1. The molecule has 1 heterocycles. The van der Waals surface area contributed by atoms with E-state index in [-0.39, 0.29) is 23.1 Å². The SMILES string of the molecule is Cc1ccc(Oc2nccc(C(=O)O)n2)c([N+](=O)[O-])c1. The van der Waals surface area contributed by atoms with Crippen LogP contribution in [0.15, 0.2) is 30.5 Å². The number of hydrogen-bond donors (Lipinski definition) is 1. The highest BCUT2D eigenvalue weighted by atomic mass is 16.6. The van der Waals surface area contributed by atoms with E-state index in [1.54, 1.807) is 13.0 Å². The zero-order chi connectivity index (χ0) is 14.7.